The van der Waals surface area contributed by atoms with E-state index in [-0.39, 0.29) is 5.91 Å². The average molecular weight is 459 g/mol. The number of halogens is 1. The smallest absolute Gasteiger partial charge is 0.254 e. The van der Waals surface area contributed by atoms with Gasteiger partial charge in [-0.15, -0.1) is 0 Å². The van der Waals surface area contributed by atoms with Gasteiger partial charge in [-0.3, -0.25) is 9.69 Å². The van der Waals surface area contributed by atoms with Crippen LogP contribution in [-0.4, -0.2) is 62.1 Å². The quantitative estimate of drug-likeness (QED) is 0.619. The third-order valence-electron chi connectivity index (χ3n) is 4.90. The zero-order valence-electron chi connectivity index (χ0n) is 16.9. The summed E-state index contributed by atoms with van der Waals surface area (Å²) in [5, 5.41) is 0. The van der Waals surface area contributed by atoms with Crippen LogP contribution in [0.3, 0.4) is 0 Å². The molecule has 1 saturated heterocycles. The maximum Gasteiger partial charge on any atom is 0.254 e. The van der Waals surface area contributed by atoms with Crippen molar-refractivity contribution in [3.63, 3.8) is 0 Å². The molecular weight excluding hydrogens is 432 g/mol. The summed E-state index contributed by atoms with van der Waals surface area (Å²) in [6, 6.07) is 13.9. The molecule has 1 fully saturated rings. The first kappa shape index (κ1) is 21.4. The molecule has 6 heteroatoms. The third-order valence-corrected chi connectivity index (χ3v) is 5.49. The molecule has 0 saturated carbocycles. The molecular formula is C23H27BrN2O3. The predicted molar refractivity (Wildman–Crippen MR) is 120 cm³/mol. The van der Waals surface area contributed by atoms with Crippen LogP contribution in [-0.2, 0) is 0 Å². The van der Waals surface area contributed by atoms with Crippen molar-refractivity contribution >= 4 is 27.9 Å². The van der Waals surface area contributed by atoms with E-state index in [0.717, 1.165) is 24.1 Å². The highest BCUT2D eigenvalue weighted by molar-refractivity contribution is 9.10. The summed E-state index contributed by atoms with van der Waals surface area (Å²) >= 11 is 3.50. The molecule has 0 spiro atoms. The molecule has 154 valence electrons. The van der Waals surface area contributed by atoms with Crippen molar-refractivity contribution in [2.75, 3.05) is 46.4 Å². The second-order valence-corrected chi connectivity index (χ2v) is 7.68. The molecule has 1 aliphatic rings. The number of carbonyl (C=O) groups is 1. The Kier molecular flexibility index (Phi) is 7.72. The van der Waals surface area contributed by atoms with Crippen molar-refractivity contribution in [1.82, 2.24) is 9.80 Å². The molecule has 0 aromatic heterocycles. The Morgan fingerprint density at radius 2 is 1.86 bits per heavy atom. The summed E-state index contributed by atoms with van der Waals surface area (Å²) in [7, 11) is 1.58. The highest BCUT2D eigenvalue weighted by Crippen LogP contribution is 2.37. The molecule has 2 aromatic rings. The molecule has 1 amide bonds. The van der Waals surface area contributed by atoms with Crippen molar-refractivity contribution in [2.24, 2.45) is 0 Å². The fraction of sp³-hybridized carbons (Fsp3) is 0.348. The topological polar surface area (TPSA) is 42.0 Å². The number of benzene rings is 2. The van der Waals surface area contributed by atoms with Crippen LogP contribution in [0.2, 0.25) is 0 Å². The number of carbonyl (C=O) groups excluding carboxylic acids is 1. The van der Waals surface area contributed by atoms with Gasteiger partial charge in [-0.2, -0.15) is 0 Å². The maximum absolute atomic E-state index is 13.0. The summed E-state index contributed by atoms with van der Waals surface area (Å²) in [4.78, 5) is 17.2. The Bertz CT molecular complexity index is 847. The molecule has 1 heterocycles. The highest BCUT2D eigenvalue weighted by Gasteiger charge is 2.23. The van der Waals surface area contributed by atoms with Crippen LogP contribution in [0.1, 0.15) is 22.8 Å². The molecule has 29 heavy (non-hydrogen) atoms. The van der Waals surface area contributed by atoms with Gasteiger partial charge in [-0.1, -0.05) is 42.5 Å². The lowest BCUT2D eigenvalue weighted by molar-refractivity contribution is 0.0650. The van der Waals surface area contributed by atoms with E-state index < -0.39 is 0 Å². The van der Waals surface area contributed by atoms with Gasteiger partial charge in [0.05, 0.1) is 18.2 Å². The van der Waals surface area contributed by atoms with Crippen molar-refractivity contribution in [2.45, 2.75) is 6.92 Å². The van der Waals surface area contributed by atoms with Crippen molar-refractivity contribution < 1.29 is 14.3 Å². The van der Waals surface area contributed by atoms with Gasteiger partial charge in [-0.05, 0) is 40.5 Å². The van der Waals surface area contributed by atoms with Crippen molar-refractivity contribution in [3.8, 4) is 11.5 Å². The molecule has 5 nitrogen and oxygen atoms in total. The van der Waals surface area contributed by atoms with E-state index in [0.29, 0.717) is 36.8 Å². The summed E-state index contributed by atoms with van der Waals surface area (Å²) < 4.78 is 11.8. The number of amides is 1. The molecule has 0 atom stereocenters. The van der Waals surface area contributed by atoms with Crippen molar-refractivity contribution in [1.29, 1.82) is 0 Å². The first-order valence-corrected chi connectivity index (χ1v) is 10.6. The SMILES string of the molecule is CCOc1c(Br)cc(C(=O)N2CCN(C/C=C/c3ccccc3)CC2)cc1OC. The van der Waals surface area contributed by atoms with E-state index in [1.807, 2.05) is 36.1 Å². The van der Waals surface area contributed by atoms with Crippen LogP contribution in [0.25, 0.3) is 6.08 Å². The minimum Gasteiger partial charge on any atom is -0.493 e. The second-order valence-electron chi connectivity index (χ2n) is 6.83. The summed E-state index contributed by atoms with van der Waals surface area (Å²) in [6.45, 7) is 6.48. The van der Waals surface area contributed by atoms with E-state index >= 15 is 0 Å². The number of ether oxygens (including phenoxy) is 2. The van der Waals surface area contributed by atoms with E-state index in [1.54, 1.807) is 13.2 Å². The molecule has 0 aliphatic carbocycles. The molecule has 3 rings (SSSR count). The number of nitrogens with zero attached hydrogens (tertiary/aromatic N) is 2. The van der Waals surface area contributed by atoms with Gasteiger partial charge < -0.3 is 14.4 Å². The van der Waals surface area contributed by atoms with Crippen LogP contribution in [0.5, 0.6) is 11.5 Å². The normalized spacial score (nSPS) is 14.9. The van der Waals surface area contributed by atoms with E-state index in [2.05, 4.69) is 45.1 Å². The maximum atomic E-state index is 13.0. The fourth-order valence-electron chi connectivity index (χ4n) is 3.35. The largest absolute Gasteiger partial charge is 0.493 e. The average Bonchev–Trinajstić information content (AvgIpc) is 2.76. The van der Waals surface area contributed by atoms with Crippen LogP contribution in [0.4, 0.5) is 0 Å². The van der Waals surface area contributed by atoms with Gasteiger partial charge in [0.25, 0.3) is 5.91 Å². The summed E-state index contributed by atoms with van der Waals surface area (Å²) in [6.07, 6.45) is 4.32. The van der Waals surface area contributed by atoms with Crippen LogP contribution in [0.15, 0.2) is 53.0 Å². The Balaban J connectivity index is 1.57. The first-order valence-electron chi connectivity index (χ1n) is 9.86. The van der Waals surface area contributed by atoms with E-state index in [1.165, 1.54) is 5.56 Å². The number of hydrogen-bond acceptors (Lipinski definition) is 4. The molecule has 0 unspecified atom stereocenters. The Morgan fingerprint density at radius 1 is 1.14 bits per heavy atom. The summed E-state index contributed by atoms with van der Waals surface area (Å²) in [5.74, 6) is 1.21. The zero-order valence-corrected chi connectivity index (χ0v) is 18.5. The summed E-state index contributed by atoms with van der Waals surface area (Å²) in [5.41, 5.74) is 1.81. The number of rotatable bonds is 7. The first-order chi connectivity index (χ1) is 14.1. The minimum absolute atomic E-state index is 0.0199. The molecule has 2 aromatic carbocycles. The lowest BCUT2D eigenvalue weighted by Crippen LogP contribution is -2.48. The third kappa shape index (κ3) is 5.61. The Hall–Kier alpha value is -2.31. The molecule has 0 radical (unpaired) electrons. The second kappa shape index (κ2) is 10.5. The fourth-order valence-corrected chi connectivity index (χ4v) is 3.90. The van der Waals surface area contributed by atoms with E-state index in [4.69, 9.17) is 9.47 Å². The van der Waals surface area contributed by atoms with Gasteiger partial charge >= 0.3 is 0 Å². The van der Waals surface area contributed by atoms with E-state index in [9.17, 15) is 4.79 Å². The van der Waals surface area contributed by atoms with Crippen LogP contribution >= 0.6 is 15.9 Å². The Morgan fingerprint density at radius 3 is 2.52 bits per heavy atom. The number of hydrogen-bond donors (Lipinski definition) is 0. The van der Waals surface area contributed by atoms with Gasteiger partial charge in [0.15, 0.2) is 11.5 Å². The van der Waals surface area contributed by atoms with Gasteiger partial charge in [0.2, 0.25) is 0 Å². The monoisotopic (exact) mass is 458 g/mol. The van der Waals surface area contributed by atoms with Gasteiger partial charge in [0, 0.05) is 38.3 Å². The zero-order chi connectivity index (χ0) is 20.6. The van der Waals surface area contributed by atoms with Gasteiger partial charge in [-0.25, -0.2) is 0 Å². The van der Waals surface area contributed by atoms with Crippen LogP contribution in [0, 0.1) is 0 Å². The highest BCUT2D eigenvalue weighted by atomic mass is 79.9. The molecule has 0 N–H and O–H groups in total. The Labute approximate surface area is 181 Å². The molecule has 1 aliphatic heterocycles. The number of methoxy groups -OCH3 is 1. The lowest BCUT2D eigenvalue weighted by Gasteiger charge is -2.34. The van der Waals surface area contributed by atoms with Crippen molar-refractivity contribution in [3.05, 3.63) is 64.1 Å². The van der Waals surface area contributed by atoms with Crippen LogP contribution < -0.4 is 9.47 Å². The minimum atomic E-state index is 0.0199. The molecule has 0 bridgehead atoms. The standard InChI is InChI=1S/C23H27BrN2O3/c1-3-29-22-20(24)16-19(17-21(22)28-2)23(27)26-14-12-25(13-15-26)11-7-10-18-8-5-4-6-9-18/h4-10,16-17H,3,11-15H2,1-2H3/b10-7+. The predicted octanol–water partition coefficient (Wildman–Crippen LogP) is 4.33. The van der Waals surface area contributed by atoms with Gasteiger partial charge in [0.1, 0.15) is 0 Å². The number of piperazine rings is 1. The lowest BCUT2D eigenvalue weighted by atomic mass is 10.1.